The Bertz CT molecular complexity index is 3170. The van der Waals surface area contributed by atoms with Gasteiger partial charge in [0.25, 0.3) is 8.32 Å². The van der Waals surface area contributed by atoms with Crippen LogP contribution in [0.3, 0.4) is 0 Å². The van der Waals surface area contributed by atoms with Crippen LogP contribution in [0.4, 0.5) is 19.4 Å². The van der Waals surface area contributed by atoms with Crippen molar-refractivity contribution in [2.45, 2.75) is 173 Å². The van der Waals surface area contributed by atoms with E-state index in [2.05, 4.69) is 144 Å². The lowest BCUT2D eigenvalue weighted by Gasteiger charge is -2.44. The number of anilines is 1. The summed E-state index contributed by atoms with van der Waals surface area (Å²) in [6, 6.07) is 30.4. The molecule has 4 aliphatic heterocycles. The van der Waals surface area contributed by atoms with Gasteiger partial charge in [-0.1, -0.05) is 153 Å². The first-order valence-electron chi connectivity index (χ1n) is 28.6. The lowest BCUT2D eigenvalue weighted by atomic mass is 9.95. The first-order valence-corrected chi connectivity index (χ1v) is 32.7. The van der Waals surface area contributed by atoms with Gasteiger partial charge in [-0.05, 0) is 109 Å². The standard InChI is InChI=1S/C64H80F2N6O4Si2/c1-42(2)77(43(3)4,44(5)6)36-32-51-54(65)30-27-45-21-19-26-52(55(45)51)57-56(66)58-53(37-67-57)59(70-38-46-28-29-47(39-70)72(46)61(73)76-62(7,8)9)69-60(68-58)74-41-64-33-20-35-71(64)48(31-34-64)40-75-78(63(10,11)12,49-22-15-13-16-23-49)50-24-17-14-18-25-50/h13-19,21-27,30,37,42-44,46-48H,20,28-29,31,33-35,38-41H2,1-12H3/t46?,47?,48-,64-/m0/s1. The number of halogens is 2. The summed E-state index contributed by atoms with van der Waals surface area (Å²) in [6.07, 6.45) is 6.77. The van der Waals surface area contributed by atoms with Crippen molar-refractivity contribution >= 4 is 60.4 Å². The summed E-state index contributed by atoms with van der Waals surface area (Å²) in [6.45, 7) is 28.8. The minimum atomic E-state index is -2.79. The summed E-state index contributed by atoms with van der Waals surface area (Å²) in [5, 5.41) is 4.06. The molecule has 4 aliphatic rings. The number of ether oxygens (including phenoxy) is 2. The zero-order valence-electron chi connectivity index (χ0n) is 48.1. The van der Waals surface area contributed by atoms with Crippen molar-refractivity contribution in [1.29, 1.82) is 0 Å². The van der Waals surface area contributed by atoms with Crippen LogP contribution < -0.4 is 20.0 Å². The van der Waals surface area contributed by atoms with Crippen molar-refractivity contribution in [1.82, 2.24) is 24.8 Å². The Kier molecular flexibility index (Phi) is 15.2. The second-order valence-electron chi connectivity index (χ2n) is 25.6. The predicted octanol–water partition coefficient (Wildman–Crippen LogP) is 13.2. The first kappa shape index (κ1) is 55.6. The summed E-state index contributed by atoms with van der Waals surface area (Å²) < 4.78 is 54.8. The number of hydrogen-bond donors (Lipinski definition) is 0. The fraction of sp³-hybridized carbons (Fsp3) is 0.500. The molecule has 78 heavy (non-hydrogen) atoms. The van der Waals surface area contributed by atoms with Gasteiger partial charge in [0.15, 0.2) is 5.82 Å². The highest BCUT2D eigenvalue weighted by Crippen LogP contribution is 2.46. The number of hydrogen-bond acceptors (Lipinski definition) is 9. The van der Waals surface area contributed by atoms with Gasteiger partial charge in [0.05, 0.1) is 35.2 Å². The molecule has 10 rings (SSSR count). The second kappa shape index (κ2) is 21.4. The molecule has 0 saturated carbocycles. The number of rotatable bonds is 13. The van der Waals surface area contributed by atoms with Gasteiger partial charge in [-0.2, -0.15) is 9.97 Å². The molecule has 0 radical (unpaired) electrons. The van der Waals surface area contributed by atoms with E-state index in [9.17, 15) is 4.79 Å². The van der Waals surface area contributed by atoms with E-state index in [1.807, 2.05) is 37.8 Å². The summed E-state index contributed by atoms with van der Waals surface area (Å²) in [5.41, 5.74) is 4.61. The van der Waals surface area contributed by atoms with Gasteiger partial charge in [-0.15, -0.1) is 5.54 Å². The molecule has 6 heterocycles. The summed E-state index contributed by atoms with van der Waals surface area (Å²) in [5.74, 6) is 2.80. The van der Waals surface area contributed by atoms with E-state index < -0.39 is 33.6 Å². The molecule has 0 spiro atoms. The molecule has 0 N–H and O–H groups in total. The molecule has 4 saturated heterocycles. The minimum Gasteiger partial charge on any atom is -0.461 e. The molecule has 4 aromatic carbocycles. The summed E-state index contributed by atoms with van der Waals surface area (Å²) >= 11 is 0. The zero-order chi connectivity index (χ0) is 55.5. The largest absolute Gasteiger partial charge is 0.461 e. The molecular weight excluding hydrogens is 1010 g/mol. The number of amides is 1. The van der Waals surface area contributed by atoms with Crippen LogP contribution >= 0.6 is 0 Å². The molecule has 2 aromatic heterocycles. The molecule has 14 heteroatoms. The monoisotopic (exact) mass is 1090 g/mol. The molecule has 412 valence electrons. The van der Waals surface area contributed by atoms with Gasteiger partial charge >= 0.3 is 12.1 Å². The van der Waals surface area contributed by atoms with Crippen molar-refractivity contribution in [3.63, 3.8) is 0 Å². The maximum atomic E-state index is 18.1. The Morgan fingerprint density at radius 3 is 2.04 bits per heavy atom. The first-order chi connectivity index (χ1) is 37.1. The molecule has 4 fully saturated rings. The van der Waals surface area contributed by atoms with Crippen molar-refractivity contribution in [2.24, 2.45) is 0 Å². The van der Waals surface area contributed by atoms with E-state index in [-0.39, 0.29) is 57.6 Å². The Labute approximate surface area is 463 Å². The Morgan fingerprint density at radius 2 is 1.44 bits per heavy atom. The predicted molar refractivity (Wildman–Crippen MR) is 316 cm³/mol. The van der Waals surface area contributed by atoms with E-state index in [0.29, 0.717) is 65.1 Å². The maximum Gasteiger partial charge on any atom is 0.410 e. The van der Waals surface area contributed by atoms with E-state index in [1.54, 1.807) is 18.3 Å². The fourth-order valence-corrected chi connectivity index (χ4v) is 24.3. The third-order valence-corrected chi connectivity index (χ3v) is 29.3. The van der Waals surface area contributed by atoms with Crippen LogP contribution in [0.2, 0.25) is 21.7 Å². The van der Waals surface area contributed by atoms with Crippen molar-refractivity contribution in [3.8, 4) is 28.7 Å². The molecule has 1 amide bonds. The van der Waals surface area contributed by atoms with Gasteiger partial charge in [0, 0.05) is 36.3 Å². The third kappa shape index (κ3) is 9.93. The van der Waals surface area contributed by atoms with Crippen molar-refractivity contribution in [2.75, 3.05) is 37.7 Å². The van der Waals surface area contributed by atoms with E-state index >= 15 is 8.78 Å². The number of carbonyl (C=O) groups excluding carboxylic acids is 1. The van der Waals surface area contributed by atoms with Crippen LogP contribution in [-0.2, 0) is 9.16 Å². The van der Waals surface area contributed by atoms with E-state index in [0.717, 1.165) is 50.5 Å². The molecule has 10 nitrogen and oxygen atoms in total. The van der Waals surface area contributed by atoms with Crippen LogP contribution in [0.5, 0.6) is 6.01 Å². The number of carbonyl (C=O) groups is 1. The second-order valence-corrected chi connectivity index (χ2v) is 35.5. The quantitative estimate of drug-likeness (QED) is 0.0828. The molecule has 0 aliphatic carbocycles. The number of aromatic nitrogens is 3. The van der Waals surface area contributed by atoms with Crippen molar-refractivity contribution < 1.29 is 27.5 Å². The number of nitrogens with zero attached hydrogens (tertiary/aromatic N) is 6. The Morgan fingerprint density at radius 1 is 0.795 bits per heavy atom. The van der Waals surface area contributed by atoms with Gasteiger partial charge in [0.2, 0.25) is 0 Å². The smallest absolute Gasteiger partial charge is 0.410 e. The number of benzene rings is 4. The van der Waals surface area contributed by atoms with Crippen LogP contribution in [-0.4, -0.2) is 109 Å². The highest BCUT2D eigenvalue weighted by Gasteiger charge is 2.54. The average molecular weight is 1090 g/mol. The number of fused-ring (bicyclic) bond motifs is 5. The Balaban J connectivity index is 1.02. The van der Waals surface area contributed by atoms with Crippen LogP contribution in [0.1, 0.15) is 127 Å². The lowest BCUT2D eigenvalue weighted by molar-refractivity contribution is 0.0122. The topological polar surface area (TPSA) is 93.2 Å². The Hall–Kier alpha value is -5.73. The third-order valence-electron chi connectivity index (χ3n) is 18.0. The minimum absolute atomic E-state index is 0.0485. The molecule has 2 unspecified atom stereocenters. The highest BCUT2D eigenvalue weighted by atomic mass is 28.4. The maximum absolute atomic E-state index is 18.1. The lowest BCUT2D eigenvalue weighted by Crippen LogP contribution is -2.67. The summed E-state index contributed by atoms with van der Waals surface area (Å²) in [7, 11) is -5.07. The van der Waals surface area contributed by atoms with Gasteiger partial charge < -0.3 is 18.8 Å². The van der Waals surface area contributed by atoms with E-state index in [1.165, 1.54) is 16.4 Å². The number of pyridine rings is 1. The molecular formula is C64H80F2N6O4Si2. The van der Waals surface area contributed by atoms with Crippen LogP contribution in [0.25, 0.3) is 32.9 Å². The van der Waals surface area contributed by atoms with Gasteiger partial charge in [-0.3, -0.25) is 14.8 Å². The van der Waals surface area contributed by atoms with Gasteiger partial charge in [-0.25, -0.2) is 13.6 Å². The van der Waals surface area contributed by atoms with E-state index in [4.69, 9.17) is 28.9 Å². The zero-order valence-corrected chi connectivity index (χ0v) is 50.1. The normalized spacial score (nSPS) is 21.0. The molecule has 4 atom stereocenters. The van der Waals surface area contributed by atoms with Crippen molar-refractivity contribution in [3.05, 3.63) is 114 Å². The molecule has 2 bridgehead atoms. The summed E-state index contributed by atoms with van der Waals surface area (Å²) in [4.78, 5) is 35.3. The molecule has 6 aromatic rings. The average Bonchev–Trinajstić information content (AvgIpc) is 4.10. The highest BCUT2D eigenvalue weighted by molar-refractivity contribution is 6.99. The SMILES string of the molecule is CC(C)[Si](C#Cc1c(F)ccc2cccc(-c3ncc4c(N5CC6CCC(C5)N6C(=O)OC(C)(C)C)nc(OC[C@@]56CCCN5[C@H](CO[Si](c5ccccc5)(c5ccccc5)C(C)(C)C)CC6)nc4c3F)c12)(C(C)C)C(C)C. The number of piperazine rings is 1. The fourth-order valence-electron chi connectivity index (χ4n) is 14.5. The van der Waals surface area contributed by atoms with Crippen LogP contribution in [0.15, 0.2) is 97.2 Å². The van der Waals surface area contributed by atoms with Gasteiger partial charge in [0.1, 0.15) is 43.1 Å². The van der Waals surface area contributed by atoms with Crippen LogP contribution in [0, 0.1) is 23.1 Å².